The minimum Gasteiger partial charge on any atom is -0.339 e. The standard InChI is InChI=1S/C17H22N2O3S3/c1-2-14-6-3-4-8-19(14)16(20)12-25(21,22)11-13-10-24-17(18-13)15-7-5-9-23-15/h5,7,9-10,14H,2-4,6,8,11-12H2,1H3. The van der Waals surface area contributed by atoms with Crippen LogP contribution in [0.1, 0.15) is 38.3 Å². The Labute approximate surface area is 156 Å². The SMILES string of the molecule is CCC1CCCCN1C(=O)CS(=O)(=O)Cc1csc(-c2cccs2)n1. The lowest BCUT2D eigenvalue weighted by molar-refractivity contribution is -0.132. The van der Waals surface area contributed by atoms with Crippen LogP contribution in [0.5, 0.6) is 0 Å². The second-order valence-electron chi connectivity index (χ2n) is 6.30. The van der Waals surface area contributed by atoms with E-state index >= 15 is 0 Å². The average Bonchev–Trinajstić information content (AvgIpc) is 3.25. The van der Waals surface area contributed by atoms with Gasteiger partial charge in [0.15, 0.2) is 9.84 Å². The number of amides is 1. The van der Waals surface area contributed by atoms with Crippen LogP contribution >= 0.6 is 22.7 Å². The molecular formula is C17H22N2O3S3. The molecular weight excluding hydrogens is 376 g/mol. The van der Waals surface area contributed by atoms with Crippen LogP contribution in [0, 0.1) is 0 Å². The van der Waals surface area contributed by atoms with Gasteiger partial charge >= 0.3 is 0 Å². The number of thiophene rings is 1. The first-order valence-electron chi connectivity index (χ1n) is 8.46. The lowest BCUT2D eigenvalue weighted by atomic mass is 10.0. The Morgan fingerprint density at radius 3 is 2.92 bits per heavy atom. The van der Waals surface area contributed by atoms with Crippen LogP contribution in [-0.2, 0) is 20.4 Å². The van der Waals surface area contributed by atoms with E-state index in [-0.39, 0.29) is 17.7 Å². The van der Waals surface area contributed by atoms with Crippen molar-refractivity contribution < 1.29 is 13.2 Å². The van der Waals surface area contributed by atoms with Gasteiger partial charge in [0.05, 0.1) is 16.3 Å². The summed E-state index contributed by atoms with van der Waals surface area (Å²) in [5, 5.41) is 4.56. The molecule has 1 aliphatic rings. The maximum atomic E-state index is 12.5. The highest BCUT2D eigenvalue weighted by Crippen LogP contribution is 2.28. The number of likely N-dealkylation sites (tertiary alicyclic amines) is 1. The number of nitrogens with zero attached hydrogens (tertiary/aromatic N) is 2. The van der Waals surface area contributed by atoms with E-state index < -0.39 is 15.6 Å². The molecule has 3 rings (SSSR count). The third-order valence-electron chi connectivity index (χ3n) is 4.41. The van der Waals surface area contributed by atoms with E-state index in [1.165, 1.54) is 11.3 Å². The van der Waals surface area contributed by atoms with Gasteiger partial charge in [-0.2, -0.15) is 0 Å². The van der Waals surface area contributed by atoms with Crippen molar-refractivity contribution in [1.29, 1.82) is 0 Å². The number of hydrogen-bond acceptors (Lipinski definition) is 6. The first-order chi connectivity index (χ1) is 12.0. The number of thiazole rings is 1. The number of aromatic nitrogens is 1. The first kappa shape index (κ1) is 18.5. The molecule has 25 heavy (non-hydrogen) atoms. The molecule has 2 aromatic heterocycles. The zero-order valence-corrected chi connectivity index (χ0v) is 16.6. The Morgan fingerprint density at radius 2 is 2.20 bits per heavy atom. The molecule has 0 aromatic carbocycles. The van der Waals surface area contributed by atoms with Gasteiger partial charge in [0, 0.05) is 18.0 Å². The second-order valence-corrected chi connectivity index (χ2v) is 10.2. The lowest BCUT2D eigenvalue weighted by Crippen LogP contribution is -2.45. The quantitative estimate of drug-likeness (QED) is 0.746. The highest BCUT2D eigenvalue weighted by atomic mass is 32.2. The molecule has 1 amide bonds. The smallest absolute Gasteiger partial charge is 0.238 e. The maximum Gasteiger partial charge on any atom is 0.238 e. The van der Waals surface area contributed by atoms with E-state index in [0.717, 1.165) is 35.6 Å². The molecule has 0 aliphatic carbocycles. The van der Waals surface area contributed by atoms with Crippen molar-refractivity contribution in [3.63, 3.8) is 0 Å². The van der Waals surface area contributed by atoms with E-state index in [1.54, 1.807) is 21.6 Å². The average molecular weight is 399 g/mol. The van der Waals surface area contributed by atoms with Crippen LogP contribution in [0.3, 0.4) is 0 Å². The molecule has 2 aromatic rings. The molecule has 1 aliphatic heterocycles. The molecule has 0 saturated carbocycles. The third kappa shape index (κ3) is 4.68. The normalized spacial score (nSPS) is 18.4. The Bertz CT molecular complexity index is 812. The number of hydrogen-bond donors (Lipinski definition) is 0. The largest absolute Gasteiger partial charge is 0.339 e. The molecule has 136 valence electrons. The summed E-state index contributed by atoms with van der Waals surface area (Å²) < 4.78 is 24.9. The monoisotopic (exact) mass is 398 g/mol. The molecule has 1 unspecified atom stereocenters. The van der Waals surface area contributed by atoms with E-state index in [2.05, 4.69) is 4.98 Å². The fourth-order valence-electron chi connectivity index (χ4n) is 3.19. The van der Waals surface area contributed by atoms with Crippen LogP contribution in [0.25, 0.3) is 9.88 Å². The van der Waals surface area contributed by atoms with Crippen LogP contribution in [0.2, 0.25) is 0 Å². The summed E-state index contributed by atoms with van der Waals surface area (Å²) in [6.07, 6.45) is 3.92. The highest BCUT2D eigenvalue weighted by molar-refractivity contribution is 7.91. The lowest BCUT2D eigenvalue weighted by Gasteiger charge is -2.35. The molecule has 5 nitrogen and oxygen atoms in total. The van der Waals surface area contributed by atoms with Gasteiger partial charge in [0.2, 0.25) is 5.91 Å². The molecule has 0 radical (unpaired) electrons. The molecule has 8 heteroatoms. The second kappa shape index (κ2) is 7.97. The van der Waals surface area contributed by atoms with Crippen LogP contribution in [0.4, 0.5) is 0 Å². The minimum atomic E-state index is -3.51. The van der Waals surface area contributed by atoms with E-state index in [9.17, 15) is 13.2 Å². The Kier molecular flexibility index (Phi) is 5.91. The van der Waals surface area contributed by atoms with Crippen molar-refractivity contribution in [2.45, 2.75) is 44.4 Å². The van der Waals surface area contributed by atoms with E-state index in [1.807, 2.05) is 24.4 Å². The highest BCUT2D eigenvalue weighted by Gasteiger charge is 2.29. The van der Waals surface area contributed by atoms with E-state index in [0.29, 0.717) is 12.2 Å². The zero-order chi connectivity index (χ0) is 17.9. The van der Waals surface area contributed by atoms with Gasteiger partial charge in [-0.3, -0.25) is 4.79 Å². The minimum absolute atomic E-state index is 0.175. The molecule has 0 spiro atoms. The van der Waals surface area contributed by atoms with Crippen LogP contribution < -0.4 is 0 Å². The predicted octanol–water partition coefficient (Wildman–Crippen LogP) is 3.58. The van der Waals surface area contributed by atoms with Gasteiger partial charge in [0.1, 0.15) is 10.8 Å². The molecule has 0 N–H and O–H groups in total. The summed E-state index contributed by atoms with van der Waals surface area (Å²) in [5.74, 6) is -0.860. The van der Waals surface area contributed by atoms with Gasteiger partial charge in [0.25, 0.3) is 0 Å². The third-order valence-corrected chi connectivity index (χ3v) is 7.77. The summed E-state index contributed by atoms with van der Waals surface area (Å²) >= 11 is 3.02. The van der Waals surface area contributed by atoms with Gasteiger partial charge in [-0.15, -0.1) is 22.7 Å². The van der Waals surface area contributed by atoms with Crippen molar-refractivity contribution in [3.8, 4) is 9.88 Å². The van der Waals surface area contributed by atoms with Crippen molar-refractivity contribution in [2.75, 3.05) is 12.3 Å². The molecule has 0 bridgehead atoms. The molecule has 1 atom stereocenters. The van der Waals surface area contributed by atoms with Crippen molar-refractivity contribution in [3.05, 3.63) is 28.6 Å². The number of carbonyl (C=O) groups is 1. The fraction of sp³-hybridized carbons (Fsp3) is 0.529. The Balaban J connectivity index is 1.65. The fourth-order valence-corrected chi connectivity index (χ4v) is 6.17. The summed E-state index contributed by atoms with van der Waals surface area (Å²) in [6, 6.07) is 4.09. The molecule has 1 fully saturated rings. The number of sulfone groups is 1. The maximum absolute atomic E-state index is 12.5. The van der Waals surface area contributed by atoms with Crippen molar-refractivity contribution in [1.82, 2.24) is 9.88 Å². The summed E-state index contributed by atoms with van der Waals surface area (Å²) in [6.45, 7) is 2.72. The Morgan fingerprint density at radius 1 is 1.36 bits per heavy atom. The zero-order valence-electron chi connectivity index (χ0n) is 14.2. The van der Waals surface area contributed by atoms with Gasteiger partial charge in [-0.1, -0.05) is 13.0 Å². The topological polar surface area (TPSA) is 67.3 Å². The van der Waals surface area contributed by atoms with E-state index in [4.69, 9.17) is 0 Å². The Hall–Kier alpha value is -1.25. The number of piperidine rings is 1. The number of rotatable bonds is 6. The summed E-state index contributed by atoms with van der Waals surface area (Å²) in [5.41, 5.74) is 0.520. The van der Waals surface area contributed by atoms with Gasteiger partial charge in [-0.05, 0) is 37.1 Å². The van der Waals surface area contributed by atoms with Gasteiger partial charge in [-0.25, -0.2) is 13.4 Å². The molecule has 1 saturated heterocycles. The summed E-state index contributed by atoms with van der Waals surface area (Å²) in [7, 11) is -3.51. The van der Waals surface area contributed by atoms with Crippen molar-refractivity contribution >= 4 is 38.4 Å². The predicted molar refractivity (Wildman–Crippen MR) is 103 cm³/mol. The first-order valence-corrected chi connectivity index (χ1v) is 12.0. The van der Waals surface area contributed by atoms with Crippen molar-refractivity contribution in [2.24, 2.45) is 0 Å². The summed E-state index contributed by atoms with van der Waals surface area (Å²) in [4.78, 5) is 19.7. The molecule has 3 heterocycles. The van der Waals surface area contributed by atoms with Crippen LogP contribution in [-0.4, -0.2) is 42.5 Å². The van der Waals surface area contributed by atoms with Gasteiger partial charge < -0.3 is 4.90 Å². The number of carbonyl (C=O) groups excluding carboxylic acids is 1. The van der Waals surface area contributed by atoms with Crippen LogP contribution in [0.15, 0.2) is 22.9 Å².